The highest BCUT2D eigenvalue weighted by molar-refractivity contribution is 5.86. The lowest BCUT2D eigenvalue weighted by Crippen LogP contribution is -2.50. The standard InChI is InChI=1S/C28H26N2O6/c1-34-26(31)25-18-24(17-21-11-5-2-6-12-21)29(27(32)35-19-22-13-7-3-8-14-22)30(25)28(33)36-20-23-15-9-4-10-16-23/h2-17,25H,18-20H2,1H3/b24-17-. The van der Waals surface area contributed by atoms with Crippen LogP contribution >= 0.6 is 0 Å². The first-order valence-electron chi connectivity index (χ1n) is 11.4. The lowest BCUT2D eigenvalue weighted by molar-refractivity contribution is -0.148. The third kappa shape index (κ3) is 5.90. The average Bonchev–Trinajstić information content (AvgIpc) is 3.30. The Hall–Kier alpha value is -4.59. The van der Waals surface area contributed by atoms with Crippen molar-refractivity contribution in [3.05, 3.63) is 113 Å². The van der Waals surface area contributed by atoms with E-state index in [4.69, 9.17) is 14.2 Å². The van der Waals surface area contributed by atoms with Gasteiger partial charge in [0.25, 0.3) is 0 Å². The number of methoxy groups -OCH3 is 1. The van der Waals surface area contributed by atoms with Crippen molar-refractivity contribution in [3.8, 4) is 0 Å². The van der Waals surface area contributed by atoms with Crippen LogP contribution in [0.3, 0.4) is 0 Å². The molecule has 0 bridgehead atoms. The molecule has 36 heavy (non-hydrogen) atoms. The molecule has 0 aromatic heterocycles. The minimum absolute atomic E-state index is 0.00934. The van der Waals surface area contributed by atoms with Gasteiger partial charge in [-0.1, -0.05) is 91.0 Å². The molecule has 3 aromatic carbocycles. The van der Waals surface area contributed by atoms with Crippen LogP contribution in [0.25, 0.3) is 6.08 Å². The van der Waals surface area contributed by atoms with Crippen LogP contribution in [0.5, 0.6) is 0 Å². The number of hydrogen-bond donors (Lipinski definition) is 0. The van der Waals surface area contributed by atoms with Crippen LogP contribution in [0.4, 0.5) is 9.59 Å². The van der Waals surface area contributed by atoms with Gasteiger partial charge in [-0.3, -0.25) is 0 Å². The summed E-state index contributed by atoms with van der Waals surface area (Å²) in [5.41, 5.74) is 2.72. The Morgan fingerprint density at radius 1 is 0.778 bits per heavy atom. The Kier molecular flexibility index (Phi) is 7.97. The molecule has 1 aliphatic heterocycles. The Bertz CT molecular complexity index is 1210. The van der Waals surface area contributed by atoms with Crippen LogP contribution in [-0.4, -0.2) is 41.3 Å². The zero-order valence-corrected chi connectivity index (χ0v) is 19.8. The molecule has 1 saturated heterocycles. The summed E-state index contributed by atoms with van der Waals surface area (Å²) in [5.74, 6) is -0.677. The lowest BCUT2D eigenvalue weighted by atomic mass is 10.1. The molecule has 4 rings (SSSR count). The van der Waals surface area contributed by atoms with Crippen molar-refractivity contribution >= 4 is 24.2 Å². The van der Waals surface area contributed by atoms with E-state index in [1.807, 2.05) is 91.0 Å². The number of rotatable bonds is 6. The second kappa shape index (κ2) is 11.7. The number of benzene rings is 3. The van der Waals surface area contributed by atoms with E-state index in [2.05, 4.69) is 0 Å². The van der Waals surface area contributed by atoms with Crippen LogP contribution in [0.15, 0.2) is 96.7 Å². The van der Waals surface area contributed by atoms with E-state index in [0.717, 1.165) is 26.7 Å². The van der Waals surface area contributed by atoms with Gasteiger partial charge in [-0.05, 0) is 22.8 Å². The maximum atomic E-state index is 13.3. The van der Waals surface area contributed by atoms with Crippen LogP contribution in [0, 0.1) is 0 Å². The van der Waals surface area contributed by atoms with E-state index in [1.165, 1.54) is 7.11 Å². The fourth-order valence-corrected chi connectivity index (χ4v) is 3.81. The molecule has 1 unspecified atom stereocenters. The van der Waals surface area contributed by atoms with E-state index >= 15 is 0 Å². The number of amides is 2. The van der Waals surface area contributed by atoms with Gasteiger partial charge >= 0.3 is 18.2 Å². The van der Waals surface area contributed by atoms with Crippen molar-refractivity contribution in [1.29, 1.82) is 0 Å². The van der Waals surface area contributed by atoms with Crippen LogP contribution in [0.2, 0.25) is 0 Å². The second-order valence-electron chi connectivity index (χ2n) is 8.03. The number of esters is 1. The summed E-state index contributed by atoms with van der Waals surface area (Å²) in [6.45, 7) is -0.0424. The Morgan fingerprint density at radius 3 is 1.81 bits per heavy atom. The second-order valence-corrected chi connectivity index (χ2v) is 8.03. The maximum Gasteiger partial charge on any atom is 0.433 e. The van der Waals surface area contributed by atoms with E-state index in [1.54, 1.807) is 6.08 Å². The molecular weight excluding hydrogens is 460 g/mol. The molecule has 184 valence electrons. The molecule has 8 heteroatoms. The molecule has 0 N–H and O–H groups in total. The summed E-state index contributed by atoms with van der Waals surface area (Å²) in [7, 11) is 1.23. The van der Waals surface area contributed by atoms with Crippen molar-refractivity contribution in [1.82, 2.24) is 10.0 Å². The van der Waals surface area contributed by atoms with Crippen molar-refractivity contribution in [2.24, 2.45) is 0 Å². The molecule has 0 aliphatic carbocycles. The van der Waals surface area contributed by atoms with Gasteiger partial charge in [0.1, 0.15) is 13.2 Å². The van der Waals surface area contributed by atoms with Gasteiger partial charge in [0, 0.05) is 6.42 Å². The molecule has 1 fully saturated rings. The Morgan fingerprint density at radius 2 is 1.28 bits per heavy atom. The van der Waals surface area contributed by atoms with Gasteiger partial charge in [-0.15, -0.1) is 0 Å². The predicted molar refractivity (Wildman–Crippen MR) is 132 cm³/mol. The van der Waals surface area contributed by atoms with Crippen molar-refractivity contribution in [3.63, 3.8) is 0 Å². The molecule has 3 aromatic rings. The van der Waals surface area contributed by atoms with E-state index in [-0.39, 0.29) is 19.6 Å². The van der Waals surface area contributed by atoms with E-state index < -0.39 is 24.2 Å². The average molecular weight is 487 g/mol. The van der Waals surface area contributed by atoms with Gasteiger partial charge in [-0.25, -0.2) is 14.4 Å². The van der Waals surface area contributed by atoms with Crippen LogP contribution in [-0.2, 0) is 32.2 Å². The number of ether oxygens (including phenoxy) is 3. The number of hydrazine groups is 1. The highest BCUT2D eigenvalue weighted by Crippen LogP contribution is 2.32. The molecule has 1 heterocycles. The number of carbonyl (C=O) groups excluding carboxylic acids is 3. The molecule has 0 saturated carbocycles. The topological polar surface area (TPSA) is 85.4 Å². The molecule has 8 nitrogen and oxygen atoms in total. The summed E-state index contributed by atoms with van der Waals surface area (Å²) in [6, 6.07) is 26.5. The molecule has 1 aliphatic rings. The quantitative estimate of drug-likeness (QED) is 0.353. The molecular formula is C28H26N2O6. The van der Waals surface area contributed by atoms with Gasteiger partial charge in [0.15, 0.2) is 6.04 Å². The third-order valence-electron chi connectivity index (χ3n) is 5.56. The summed E-state index contributed by atoms with van der Waals surface area (Å²) in [5, 5.41) is 2.03. The van der Waals surface area contributed by atoms with E-state index in [0.29, 0.717) is 5.70 Å². The Balaban J connectivity index is 1.64. The Labute approximate surface area is 209 Å². The van der Waals surface area contributed by atoms with Crippen molar-refractivity contribution in [2.45, 2.75) is 25.7 Å². The molecule has 1 atom stereocenters. The summed E-state index contributed by atoms with van der Waals surface area (Å²) >= 11 is 0. The smallest absolute Gasteiger partial charge is 0.433 e. The SMILES string of the molecule is COC(=O)C1C/C(=C/c2ccccc2)N(C(=O)OCc2ccccc2)N1C(=O)OCc1ccccc1. The fourth-order valence-electron chi connectivity index (χ4n) is 3.81. The first-order chi connectivity index (χ1) is 17.6. The first-order valence-corrected chi connectivity index (χ1v) is 11.4. The summed E-state index contributed by atoms with van der Waals surface area (Å²) in [6.07, 6.45) is 0.0820. The summed E-state index contributed by atoms with van der Waals surface area (Å²) < 4.78 is 15.9. The maximum absolute atomic E-state index is 13.3. The van der Waals surface area contributed by atoms with Crippen molar-refractivity contribution < 1.29 is 28.6 Å². The van der Waals surface area contributed by atoms with Gasteiger partial charge in [0.05, 0.1) is 12.8 Å². The number of carbonyl (C=O) groups is 3. The number of hydrogen-bond acceptors (Lipinski definition) is 6. The normalized spacial score (nSPS) is 16.0. The zero-order valence-electron chi connectivity index (χ0n) is 19.8. The largest absolute Gasteiger partial charge is 0.467 e. The van der Waals surface area contributed by atoms with Gasteiger partial charge in [-0.2, -0.15) is 10.0 Å². The lowest BCUT2D eigenvalue weighted by Gasteiger charge is -2.29. The highest BCUT2D eigenvalue weighted by Gasteiger charge is 2.48. The van der Waals surface area contributed by atoms with Gasteiger partial charge in [0.2, 0.25) is 0 Å². The molecule has 0 radical (unpaired) electrons. The van der Waals surface area contributed by atoms with Crippen LogP contribution < -0.4 is 0 Å². The third-order valence-corrected chi connectivity index (χ3v) is 5.56. The summed E-state index contributed by atoms with van der Waals surface area (Å²) in [4.78, 5) is 39.3. The van der Waals surface area contributed by atoms with Crippen molar-refractivity contribution in [2.75, 3.05) is 7.11 Å². The molecule has 0 spiro atoms. The monoisotopic (exact) mass is 486 g/mol. The molecule has 2 amide bonds. The zero-order chi connectivity index (χ0) is 25.3. The minimum atomic E-state index is -1.10. The fraction of sp³-hybridized carbons (Fsp3) is 0.179. The minimum Gasteiger partial charge on any atom is -0.467 e. The highest BCUT2D eigenvalue weighted by atomic mass is 16.6. The number of nitrogens with zero attached hydrogens (tertiary/aromatic N) is 2. The predicted octanol–water partition coefficient (Wildman–Crippen LogP) is 5.17. The van der Waals surface area contributed by atoms with Gasteiger partial charge < -0.3 is 14.2 Å². The first kappa shape index (κ1) is 24.5. The van der Waals surface area contributed by atoms with E-state index in [9.17, 15) is 14.4 Å². The van der Waals surface area contributed by atoms with Crippen LogP contribution in [0.1, 0.15) is 23.1 Å².